The molecule has 1 amide bonds. The number of carbonyl (C=O) groups excluding carboxylic acids is 1. The van der Waals surface area contributed by atoms with Gasteiger partial charge in [-0.1, -0.05) is 0 Å². The van der Waals surface area contributed by atoms with Crippen LogP contribution in [0.15, 0.2) is 28.0 Å². The van der Waals surface area contributed by atoms with Gasteiger partial charge in [0.15, 0.2) is 16.6 Å². The standard InChI is InChI=1S/C12H10N4O2S/c1-6-14-8-4-7(2-3-10(8)18-6)15-11(17)9-5-19-12(13)16-9/h2-5H,1H3,(H2,13,16)(H,15,17). The third-order valence-electron chi connectivity index (χ3n) is 2.51. The van der Waals surface area contributed by atoms with Crippen molar-refractivity contribution in [2.24, 2.45) is 0 Å². The average molecular weight is 274 g/mol. The SMILES string of the molecule is Cc1nc2cc(NC(=O)c3csc(N)n3)ccc2o1. The van der Waals surface area contributed by atoms with Crippen molar-refractivity contribution in [3.63, 3.8) is 0 Å². The smallest absolute Gasteiger partial charge is 0.275 e. The van der Waals surface area contributed by atoms with Crippen LogP contribution in [0.2, 0.25) is 0 Å². The summed E-state index contributed by atoms with van der Waals surface area (Å²) in [6.45, 7) is 1.77. The van der Waals surface area contributed by atoms with Crippen molar-refractivity contribution in [2.45, 2.75) is 6.92 Å². The highest BCUT2D eigenvalue weighted by atomic mass is 32.1. The quantitative estimate of drug-likeness (QED) is 0.748. The second-order valence-electron chi connectivity index (χ2n) is 3.94. The second-order valence-corrected chi connectivity index (χ2v) is 4.83. The molecule has 0 atom stereocenters. The van der Waals surface area contributed by atoms with E-state index >= 15 is 0 Å². The van der Waals surface area contributed by atoms with E-state index in [-0.39, 0.29) is 5.91 Å². The Morgan fingerprint density at radius 3 is 3.00 bits per heavy atom. The maximum atomic E-state index is 11.9. The molecule has 3 aromatic rings. The summed E-state index contributed by atoms with van der Waals surface area (Å²) in [5.74, 6) is 0.290. The number of hydrogen-bond donors (Lipinski definition) is 2. The van der Waals surface area contributed by atoms with E-state index in [1.807, 2.05) is 0 Å². The summed E-state index contributed by atoms with van der Waals surface area (Å²) < 4.78 is 5.36. The van der Waals surface area contributed by atoms with E-state index in [0.29, 0.717) is 33.5 Å². The van der Waals surface area contributed by atoms with Crippen molar-refractivity contribution in [1.82, 2.24) is 9.97 Å². The first-order valence-electron chi connectivity index (χ1n) is 5.51. The number of nitrogens with zero attached hydrogens (tertiary/aromatic N) is 2. The highest BCUT2D eigenvalue weighted by Crippen LogP contribution is 2.20. The van der Waals surface area contributed by atoms with Crippen molar-refractivity contribution in [2.75, 3.05) is 11.1 Å². The van der Waals surface area contributed by atoms with Crippen molar-refractivity contribution in [3.8, 4) is 0 Å². The first-order valence-corrected chi connectivity index (χ1v) is 6.39. The van der Waals surface area contributed by atoms with Crippen LogP contribution in [0.25, 0.3) is 11.1 Å². The number of anilines is 2. The Hall–Kier alpha value is -2.41. The Morgan fingerprint density at radius 1 is 1.42 bits per heavy atom. The normalized spacial score (nSPS) is 10.8. The van der Waals surface area contributed by atoms with Gasteiger partial charge in [0.25, 0.3) is 5.91 Å². The number of nitrogens with one attached hydrogen (secondary N) is 1. The number of aromatic nitrogens is 2. The lowest BCUT2D eigenvalue weighted by Gasteiger charge is -2.02. The summed E-state index contributed by atoms with van der Waals surface area (Å²) in [4.78, 5) is 20.0. The number of oxazole rings is 1. The molecule has 1 aromatic carbocycles. The highest BCUT2D eigenvalue weighted by molar-refractivity contribution is 7.13. The van der Waals surface area contributed by atoms with Crippen LogP contribution in [-0.4, -0.2) is 15.9 Å². The number of fused-ring (bicyclic) bond motifs is 1. The summed E-state index contributed by atoms with van der Waals surface area (Å²) in [5, 5.41) is 4.72. The van der Waals surface area contributed by atoms with E-state index in [1.165, 1.54) is 11.3 Å². The fourth-order valence-electron chi connectivity index (χ4n) is 1.71. The molecule has 2 aromatic heterocycles. The van der Waals surface area contributed by atoms with E-state index < -0.39 is 0 Å². The molecule has 19 heavy (non-hydrogen) atoms. The van der Waals surface area contributed by atoms with Crippen LogP contribution in [0.1, 0.15) is 16.4 Å². The van der Waals surface area contributed by atoms with Gasteiger partial charge in [0.1, 0.15) is 11.2 Å². The van der Waals surface area contributed by atoms with Gasteiger partial charge < -0.3 is 15.5 Å². The molecule has 3 N–H and O–H groups in total. The zero-order valence-corrected chi connectivity index (χ0v) is 10.8. The minimum Gasteiger partial charge on any atom is -0.441 e. The van der Waals surface area contributed by atoms with Crippen molar-refractivity contribution in [3.05, 3.63) is 35.2 Å². The van der Waals surface area contributed by atoms with Crippen molar-refractivity contribution < 1.29 is 9.21 Å². The summed E-state index contributed by atoms with van der Waals surface area (Å²) in [7, 11) is 0. The van der Waals surface area contributed by atoms with Crippen molar-refractivity contribution in [1.29, 1.82) is 0 Å². The van der Waals surface area contributed by atoms with Gasteiger partial charge in [-0.25, -0.2) is 9.97 Å². The number of hydrogen-bond acceptors (Lipinski definition) is 6. The van der Waals surface area contributed by atoms with E-state index in [2.05, 4.69) is 15.3 Å². The molecule has 96 valence electrons. The molecule has 0 unspecified atom stereocenters. The Kier molecular flexibility index (Phi) is 2.68. The molecular weight excluding hydrogens is 264 g/mol. The fourth-order valence-corrected chi connectivity index (χ4v) is 2.25. The lowest BCUT2D eigenvalue weighted by atomic mass is 10.3. The molecule has 3 rings (SSSR count). The van der Waals surface area contributed by atoms with E-state index in [0.717, 1.165) is 0 Å². The predicted octanol–water partition coefficient (Wildman–Crippen LogP) is 2.43. The van der Waals surface area contributed by atoms with Gasteiger partial charge in [0, 0.05) is 18.0 Å². The number of benzene rings is 1. The Bertz CT molecular complexity index is 762. The van der Waals surface area contributed by atoms with Gasteiger partial charge in [-0.3, -0.25) is 4.79 Å². The van der Waals surface area contributed by atoms with Crippen LogP contribution in [-0.2, 0) is 0 Å². The summed E-state index contributed by atoms with van der Waals surface area (Å²) in [6, 6.07) is 5.26. The molecule has 0 fully saturated rings. The summed E-state index contributed by atoms with van der Waals surface area (Å²) >= 11 is 1.23. The van der Waals surface area contributed by atoms with Gasteiger partial charge in [-0.2, -0.15) is 0 Å². The van der Waals surface area contributed by atoms with E-state index in [9.17, 15) is 4.79 Å². The largest absolute Gasteiger partial charge is 0.441 e. The van der Waals surface area contributed by atoms with Crippen LogP contribution in [0.5, 0.6) is 0 Å². The minimum atomic E-state index is -0.299. The molecule has 6 nitrogen and oxygen atoms in total. The number of nitrogen functional groups attached to an aromatic ring is 1. The van der Waals surface area contributed by atoms with E-state index in [1.54, 1.807) is 30.5 Å². The molecule has 0 bridgehead atoms. The van der Waals surface area contributed by atoms with Crippen molar-refractivity contribution >= 4 is 39.2 Å². The maximum Gasteiger partial charge on any atom is 0.275 e. The summed E-state index contributed by atoms with van der Waals surface area (Å²) in [6.07, 6.45) is 0. The third kappa shape index (κ3) is 2.27. The van der Waals surface area contributed by atoms with Crippen LogP contribution < -0.4 is 11.1 Å². The topological polar surface area (TPSA) is 94.0 Å². The maximum absolute atomic E-state index is 11.9. The zero-order valence-electron chi connectivity index (χ0n) is 10.0. The molecule has 0 aliphatic heterocycles. The van der Waals surface area contributed by atoms with Crippen LogP contribution >= 0.6 is 11.3 Å². The van der Waals surface area contributed by atoms with Gasteiger partial charge >= 0.3 is 0 Å². The predicted molar refractivity (Wildman–Crippen MR) is 73.2 cm³/mol. The van der Waals surface area contributed by atoms with Gasteiger partial charge in [-0.05, 0) is 18.2 Å². The molecule has 0 radical (unpaired) electrons. The third-order valence-corrected chi connectivity index (χ3v) is 3.18. The van der Waals surface area contributed by atoms with Crippen LogP contribution in [0, 0.1) is 6.92 Å². The minimum absolute atomic E-state index is 0.299. The molecule has 0 aliphatic rings. The average Bonchev–Trinajstić information content (AvgIpc) is 2.93. The molecule has 0 saturated heterocycles. The number of nitrogens with two attached hydrogens (primary N) is 1. The van der Waals surface area contributed by atoms with E-state index in [4.69, 9.17) is 10.2 Å². The Labute approximate surface area is 112 Å². The number of amides is 1. The number of rotatable bonds is 2. The van der Waals surface area contributed by atoms with Crippen LogP contribution in [0.3, 0.4) is 0 Å². The Balaban J connectivity index is 1.86. The van der Waals surface area contributed by atoms with Crippen LogP contribution in [0.4, 0.5) is 10.8 Å². The highest BCUT2D eigenvalue weighted by Gasteiger charge is 2.11. The lowest BCUT2D eigenvalue weighted by molar-refractivity contribution is 0.102. The number of carbonyl (C=O) groups is 1. The molecule has 0 aliphatic carbocycles. The molecule has 0 spiro atoms. The Morgan fingerprint density at radius 2 is 2.26 bits per heavy atom. The molecular formula is C12H10N4O2S. The van der Waals surface area contributed by atoms with Gasteiger partial charge in [0.05, 0.1) is 0 Å². The molecule has 2 heterocycles. The molecule has 7 heteroatoms. The summed E-state index contributed by atoms with van der Waals surface area (Å²) in [5.41, 5.74) is 7.82. The second kappa shape index (κ2) is 4.36. The molecule has 0 saturated carbocycles. The fraction of sp³-hybridized carbons (Fsp3) is 0.0833. The first kappa shape index (κ1) is 11.7. The zero-order chi connectivity index (χ0) is 13.4. The number of aryl methyl sites for hydroxylation is 1. The van der Waals surface area contributed by atoms with Gasteiger partial charge in [0.2, 0.25) is 0 Å². The lowest BCUT2D eigenvalue weighted by Crippen LogP contribution is -2.12. The van der Waals surface area contributed by atoms with Gasteiger partial charge in [-0.15, -0.1) is 11.3 Å². The monoisotopic (exact) mass is 274 g/mol. The number of thiazole rings is 1. The first-order chi connectivity index (χ1) is 9.11.